The van der Waals surface area contributed by atoms with Crippen LogP contribution < -0.4 is 24.0 Å². The summed E-state index contributed by atoms with van der Waals surface area (Å²) >= 11 is 0. The van der Waals surface area contributed by atoms with E-state index in [1.54, 1.807) is 0 Å². The van der Waals surface area contributed by atoms with Crippen LogP contribution in [0.25, 0.3) is 10.9 Å². The highest BCUT2D eigenvalue weighted by Crippen LogP contribution is 2.19. The zero-order valence-electron chi connectivity index (χ0n) is 13.2. The van der Waals surface area contributed by atoms with Crippen molar-refractivity contribution in [3.05, 3.63) is 71.9 Å². The summed E-state index contributed by atoms with van der Waals surface area (Å²) in [5.74, 6) is 0. The molecule has 0 bridgehead atoms. The van der Waals surface area contributed by atoms with Gasteiger partial charge < -0.3 is 33.4 Å². The lowest BCUT2D eigenvalue weighted by Crippen LogP contribution is -3.00. The minimum atomic E-state index is 0. The van der Waals surface area contributed by atoms with Gasteiger partial charge in [-0.1, -0.05) is 48.5 Å². The molecule has 0 aliphatic heterocycles. The van der Waals surface area contributed by atoms with Crippen molar-refractivity contribution in [1.29, 1.82) is 0 Å². The number of halogens is 1. The topological polar surface area (TPSA) is 15.8 Å². The number of benzene rings is 2. The lowest BCUT2D eigenvalue weighted by molar-refractivity contribution is -0.903. The maximum Gasteiger partial charge on any atom is 0.104 e. The lowest BCUT2D eigenvalue weighted by atomic mass is 10.1. The van der Waals surface area contributed by atoms with Crippen LogP contribution in [0.5, 0.6) is 0 Å². The first-order valence-corrected chi connectivity index (χ1v) is 7.55. The Morgan fingerprint density at radius 3 is 2.36 bits per heavy atom. The van der Waals surface area contributed by atoms with Crippen molar-refractivity contribution >= 4 is 10.9 Å². The molecular formula is C19H23IN2. The van der Waals surface area contributed by atoms with Crippen LogP contribution in [0, 0.1) is 0 Å². The van der Waals surface area contributed by atoms with Gasteiger partial charge in [0.05, 0.1) is 20.6 Å². The largest absolute Gasteiger partial charge is 1.00 e. The molecule has 1 aromatic heterocycles. The molecule has 0 unspecified atom stereocenters. The van der Waals surface area contributed by atoms with Gasteiger partial charge in [0.2, 0.25) is 0 Å². The fourth-order valence-electron chi connectivity index (χ4n) is 2.92. The van der Waals surface area contributed by atoms with Gasteiger partial charge in [-0.2, -0.15) is 0 Å². The highest BCUT2D eigenvalue weighted by molar-refractivity contribution is 5.82. The number of rotatable bonds is 5. The predicted octanol–water partition coefficient (Wildman–Crippen LogP) is 0.991. The molecule has 0 amide bonds. The molecule has 3 heteroatoms. The summed E-state index contributed by atoms with van der Waals surface area (Å²) in [6.07, 6.45) is 3.26. The highest BCUT2D eigenvalue weighted by Gasteiger charge is 2.16. The van der Waals surface area contributed by atoms with Crippen molar-refractivity contribution in [3.8, 4) is 0 Å². The molecule has 1 N–H and O–H groups in total. The molecule has 0 spiro atoms. The highest BCUT2D eigenvalue weighted by atomic mass is 127. The van der Waals surface area contributed by atoms with Crippen LogP contribution in [0.15, 0.2) is 60.8 Å². The molecule has 2 nitrogen and oxygen atoms in total. The van der Waals surface area contributed by atoms with E-state index < -0.39 is 0 Å². The van der Waals surface area contributed by atoms with Crippen LogP contribution >= 0.6 is 0 Å². The summed E-state index contributed by atoms with van der Waals surface area (Å²) in [7, 11) is 4.61. The summed E-state index contributed by atoms with van der Waals surface area (Å²) in [4.78, 5) is 3.37. The van der Waals surface area contributed by atoms with Crippen LogP contribution in [0.2, 0.25) is 0 Å². The predicted molar refractivity (Wildman–Crippen MR) is 89.1 cm³/mol. The maximum absolute atomic E-state index is 3.37. The van der Waals surface area contributed by atoms with Gasteiger partial charge >= 0.3 is 0 Å². The number of likely N-dealkylation sites (N-methyl/N-ethyl adjacent to an activating group) is 1. The van der Waals surface area contributed by atoms with Gasteiger partial charge in [-0.3, -0.25) is 0 Å². The number of hydrogen-bond donors (Lipinski definition) is 1. The third-order valence-electron chi connectivity index (χ3n) is 4.11. The molecule has 0 saturated carbocycles. The van der Waals surface area contributed by atoms with E-state index in [-0.39, 0.29) is 24.0 Å². The van der Waals surface area contributed by atoms with E-state index in [1.165, 1.54) is 22.0 Å². The normalized spacial score (nSPS) is 11.4. The van der Waals surface area contributed by atoms with E-state index in [0.717, 1.165) is 24.0 Å². The van der Waals surface area contributed by atoms with Crippen LogP contribution in [0.4, 0.5) is 0 Å². The number of para-hydroxylation sites is 1. The Bertz CT molecular complexity index is 716. The molecule has 3 rings (SSSR count). The number of hydrogen-bond acceptors (Lipinski definition) is 0. The first-order valence-electron chi connectivity index (χ1n) is 7.55. The van der Waals surface area contributed by atoms with Crippen molar-refractivity contribution in [2.24, 2.45) is 0 Å². The zero-order chi connectivity index (χ0) is 14.7. The van der Waals surface area contributed by atoms with E-state index >= 15 is 0 Å². The van der Waals surface area contributed by atoms with E-state index in [2.05, 4.69) is 79.9 Å². The van der Waals surface area contributed by atoms with Gasteiger partial charge in [-0.15, -0.1) is 0 Å². The molecule has 22 heavy (non-hydrogen) atoms. The molecular weight excluding hydrogens is 383 g/mol. The first-order chi connectivity index (χ1) is 10.1. The Labute approximate surface area is 149 Å². The smallest absolute Gasteiger partial charge is 0.104 e. The third-order valence-corrected chi connectivity index (χ3v) is 4.11. The molecule has 0 aliphatic rings. The average Bonchev–Trinajstić information content (AvgIpc) is 2.89. The van der Waals surface area contributed by atoms with Crippen molar-refractivity contribution < 1.29 is 28.5 Å². The monoisotopic (exact) mass is 406 g/mol. The third kappa shape index (κ3) is 4.11. The van der Waals surface area contributed by atoms with Crippen LogP contribution in [0.1, 0.15) is 11.1 Å². The van der Waals surface area contributed by atoms with Gasteiger partial charge in [0, 0.05) is 29.1 Å². The van der Waals surface area contributed by atoms with Crippen molar-refractivity contribution in [2.45, 2.75) is 13.0 Å². The SMILES string of the molecule is C[N+](C)(CCc1c[nH]c2ccccc12)Cc1ccccc1.[I-]. The fraction of sp³-hybridized carbons (Fsp3) is 0.263. The minimum Gasteiger partial charge on any atom is -1.00 e. The molecule has 2 aromatic carbocycles. The summed E-state index contributed by atoms with van der Waals surface area (Å²) in [5, 5.41) is 1.36. The molecule has 0 atom stereocenters. The Hall–Kier alpha value is -1.33. The van der Waals surface area contributed by atoms with E-state index in [9.17, 15) is 0 Å². The van der Waals surface area contributed by atoms with Crippen LogP contribution in [-0.2, 0) is 13.0 Å². The van der Waals surface area contributed by atoms with E-state index in [4.69, 9.17) is 0 Å². The number of H-pyrrole nitrogens is 1. The molecule has 0 radical (unpaired) electrons. The number of nitrogens with zero attached hydrogens (tertiary/aromatic N) is 1. The van der Waals surface area contributed by atoms with Crippen molar-refractivity contribution in [1.82, 2.24) is 4.98 Å². The number of aromatic amines is 1. The molecule has 0 saturated heterocycles. The van der Waals surface area contributed by atoms with Gasteiger partial charge in [-0.05, 0) is 11.6 Å². The minimum absolute atomic E-state index is 0. The Morgan fingerprint density at radius 2 is 1.59 bits per heavy atom. The van der Waals surface area contributed by atoms with Crippen LogP contribution in [0.3, 0.4) is 0 Å². The summed E-state index contributed by atoms with van der Waals surface area (Å²) < 4.78 is 1.00. The van der Waals surface area contributed by atoms with Gasteiger partial charge in [0.1, 0.15) is 6.54 Å². The summed E-state index contributed by atoms with van der Waals surface area (Å²) in [6.45, 7) is 2.21. The molecule has 116 valence electrons. The Morgan fingerprint density at radius 1 is 0.909 bits per heavy atom. The maximum atomic E-state index is 3.37. The molecule has 3 aromatic rings. The fourth-order valence-corrected chi connectivity index (χ4v) is 2.92. The Balaban J connectivity index is 0.00000176. The van der Waals surface area contributed by atoms with E-state index in [0.29, 0.717) is 0 Å². The van der Waals surface area contributed by atoms with E-state index in [1.807, 2.05) is 0 Å². The molecule has 0 fully saturated rings. The molecule has 1 heterocycles. The van der Waals surface area contributed by atoms with Crippen LogP contribution in [-0.4, -0.2) is 30.1 Å². The molecule has 0 aliphatic carbocycles. The zero-order valence-corrected chi connectivity index (χ0v) is 15.4. The quantitative estimate of drug-likeness (QED) is 0.481. The number of aromatic nitrogens is 1. The Kier molecular flexibility index (Phi) is 5.64. The summed E-state index contributed by atoms with van der Waals surface area (Å²) in [5.41, 5.74) is 4.06. The standard InChI is InChI=1S/C19H23N2.HI/c1-21(2,15-16-8-4-3-5-9-16)13-12-17-14-20-19-11-7-6-10-18(17)19;/h3-11,14,20H,12-13,15H2,1-2H3;1H/q+1;/p-1. The average molecular weight is 406 g/mol. The summed E-state index contributed by atoms with van der Waals surface area (Å²) in [6, 6.07) is 19.3. The second-order valence-electron chi connectivity index (χ2n) is 6.41. The van der Waals surface area contributed by atoms with Gasteiger partial charge in [0.25, 0.3) is 0 Å². The second kappa shape index (κ2) is 7.29. The van der Waals surface area contributed by atoms with Gasteiger partial charge in [0.15, 0.2) is 0 Å². The second-order valence-corrected chi connectivity index (χ2v) is 6.41. The van der Waals surface area contributed by atoms with Crippen molar-refractivity contribution in [3.63, 3.8) is 0 Å². The van der Waals surface area contributed by atoms with Crippen molar-refractivity contribution in [2.75, 3.05) is 20.6 Å². The van der Waals surface area contributed by atoms with Gasteiger partial charge in [-0.25, -0.2) is 0 Å². The number of nitrogens with one attached hydrogen (secondary N) is 1. The first kappa shape index (κ1) is 17.0. The lowest BCUT2D eigenvalue weighted by Gasteiger charge is -2.30. The number of quaternary nitrogens is 1. The number of fused-ring (bicyclic) bond motifs is 1.